The van der Waals surface area contributed by atoms with E-state index in [1.54, 1.807) is 4.31 Å². The summed E-state index contributed by atoms with van der Waals surface area (Å²) in [5, 5.41) is 12.2. The van der Waals surface area contributed by atoms with Gasteiger partial charge >= 0.3 is 0 Å². The third-order valence-corrected chi connectivity index (χ3v) is 5.81. The zero-order valence-electron chi connectivity index (χ0n) is 12.3. The summed E-state index contributed by atoms with van der Waals surface area (Å²) in [6.45, 7) is 3.93. The molecule has 0 spiro atoms. The summed E-state index contributed by atoms with van der Waals surface area (Å²) in [5.41, 5.74) is 0.278. The molecule has 1 aliphatic heterocycles. The number of sulfonamides is 1. The molecule has 1 saturated heterocycles. The van der Waals surface area contributed by atoms with Crippen LogP contribution in [0.1, 0.15) is 25.3 Å². The highest BCUT2D eigenvalue weighted by Crippen LogP contribution is 2.25. The summed E-state index contributed by atoms with van der Waals surface area (Å²) in [4.78, 5) is 0.145. The first-order chi connectivity index (χ1) is 10.0. The average Bonchev–Trinajstić information content (AvgIpc) is 2.98. The van der Waals surface area contributed by atoms with E-state index < -0.39 is 10.0 Å². The first kappa shape index (κ1) is 19.2. The quantitative estimate of drug-likeness (QED) is 0.871. The van der Waals surface area contributed by atoms with Gasteiger partial charge in [-0.15, -0.1) is 12.4 Å². The molecule has 2 rings (SSSR count). The van der Waals surface area contributed by atoms with Gasteiger partial charge in [-0.2, -0.15) is 9.57 Å². The highest BCUT2D eigenvalue weighted by molar-refractivity contribution is 7.89. The van der Waals surface area contributed by atoms with Crippen LogP contribution in [0.4, 0.5) is 0 Å². The number of hydrogen-bond acceptors (Lipinski definition) is 4. The van der Waals surface area contributed by atoms with Crippen molar-refractivity contribution in [2.45, 2.75) is 30.7 Å². The van der Waals surface area contributed by atoms with Crippen LogP contribution in [0.5, 0.6) is 0 Å². The van der Waals surface area contributed by atoms with Crippen LogP contribution in [0.3, 0.4) is 0 Å². The van der Waals surface area contributed by atoms with Crippen molar-refractivity contribution in [1.29, 1.82) is 5.26 Å². The minimum absolute atomic E-state index is 0. The number of nitrogens with one attached hydrogen (secondary N) is 1. The Morgan fingerprint density at radius 3 is 2.73 bits per heavy atom. The highest BCUT2D eigenvalue weighted by Gasteiger charge is 2.32. The molecule has 1 aromatic carbocycles. The molecule has 1 heterocycles. The Hall–Kier alpha value is -0.840. The van der Waals surface area contributed by atoms with Gasteiger partial charge in [0.05, 0.1) is 15.5 Å². The van der Waals surface area contributed by atoms with Gasteiger partial charge in [0.1, 0.15) is 6.07 Å². The molecule has 8 heteroatoms. The number of nitriles is 1. The van der Waals surface area contributed by atoms with Gasteiger partial charge in [0, 0.05) is 19.1 Å². The standard InChI is InChI=1S/C14H18ClN3O2S.ClH/c1-2-7-18(12-5-6-17-10-12)21(19,20)13-4-3-11(9-16)14(15)8-13;/h3-4,8,12,17H,2,5-7,10H2,1H3;1H. The molecule has 1 unspecified atom stereocenters. The average molecular weight is 364 g/mol. The molecule has 1 fully saturated rings. The maximum atomic E-state index is 12.8. The number of halogens is 2. The Morgan fingerprint density at radius 2 is 2.23 bits per heavy atom. The Balaban J connectivity index is 0.00000242. The minimum atomic E-state index is -3.59. The fourth-order valence-corrected chi connectivity index (χ4v) is 4.55. The normalized spacial score (nSPS) is 18.0. The second kappa shape index (κ2) is 8.14. The van der Waals surface area contributed by atoms with Crippen molar-refractivity contribution < 1.29 is 8.42 Å². The van der Waals surface area contributed by atoms with Gasteiger partial charge in [-0.3, -0.25) is 0 Å². The lowest BCUT2D eigenvalue weighted by molar-refractivity contribution is 0.335. The van der Waals surface area contributed by atoms with Crippen LogP contribution >= 0.6 is 24.0 Å². The topological polar surface area (TPSA) is 73.2 Å². The Labute approximate surface area is 142 Å². The van der Waals surface area contributed by atoms with Crippen molar-refractivity contribution in [3.63, 3.8) is 0 Å². The van der Waals surface area contributed by atoms with Crippen LogP contribution in [0, 0.1) is 11.3 Å². The van der Waals surface area contributed by atoms with E-state index >= 15 is 0 Å². The maximum Gasteiger partial charge on any atom is 0.243 e. The second-order valence-corrected chi connectivity index (χ2v) is 7.31. The van der Waals surface area contributed by atoms with E-state index in [4.69, 9.17) is 16.9 Å². The fraction of sp³-hybridized carbons (Fsp3) is 0.500. The Kier molecular flexibility index (Phi) is 7.10. The van der Waals surface area contributed by atoms with Crippen LogP contribution in [0.15, 0.2) is 23.1 Å². The number of nitrogens with zero attached hydrogens (tertiary/aromatic N) is 2. The molecular weight excluding hydrogens is 345 g/mol. The van der Waals surface area contributed by atoms with E-state index in [0.717, 1.165) is 19.4 Å². The summed E-state index contributed by atoms with van der Waals surface area (Å²) in [6.07, 6.45) is 1.56. The Bertz CT molecular complexity index is 653. The van der Waals surface area contributed by atoms with Crippen LogP contribution in [0.2, 0.25) is 5.02 Å². The predicted octanol–water partition coefficient (Wildman–Crippen LogP) is 2.40. The maximum absolute atomic E-state index is 12.8. The third-order valence-electron chi connectivity index (χ3n) is 3.55. The molecule has 1 aromatic rings. The zero-order valence-corrected chi connectivity index (χ0v) is 14.6. The van der Waals surface area contributed by atoms with Gasteiger partial charge in [-0.1, -0.05) is 18.5 Å². The second-order valence-electron chi connectivity index (χ2n) is 5.02. The van der Waals surface area contributed by atoms with E-state index in [2.05, 4.69) is 5.32 Å². The van der Waals surface area contributed by atoms with E-state index in [-0.39, 0.29) is 33.9 Å². The molecule has 1 aliphatic rings. The summed E-state index contributed by atoms with van der Waals surface area (Å²) >= 11 is 5.96. The molecule has 1 N–H and O–H groups in total. The first-order valence-electron chi connectivity index (χ1n) is 6.93. The van der Waals surface area contributed by atoms with Gasteiger partial charge in [0.25, 0.3) is 0 Å². The summed E-state index contributed by atoms with van der Waals surface area (Å²) < 4.78 is 27.2. The molecule has 0 aromatic heterocycles. The van der Waals surface area contributed by atoms with E-state index in [1.807, 2.05) is 13.0 Å². The van der Waals surface area contributed by atoms with E-state index in [9.17, 15) is 8.42 Å². The van der Waals surface area contributed by atoms with Crippen molar-refractivity contribution >= 4 is 34.0 Å². The lowest BCUT2D eigenvalue weighted by Gasteiger charge is -2.27. The van der Waals surface area contributed by atoms with Crippen molar-refractivity contribution in [3.05, 3.63) is 28.8 Å². The Morgan fingerprint density at radius 1 is 1.50 bits per heavy atom. The lowest BCUT2D eigenvalue weighted by atomic mass is 10.2. The molecule has 22 heavy (non-hydrogen) atoms. The highest BCUT2D eigenvalue weighted by atomic mass is 35.5. The van der Waals surface area contributed by atoms with Crippen LogP contribution < -0.4 is 5.32 Å². The SMILES string of the molecule is CCCN(C1CCNC1)S(=O)(=O)c1ccc(C#N)c(Cl)c1.Cl. The monoisotopic (exact) mass is 363 g/mol. The number of hydrogen-bond donors (Lipinski definition) is 1. The molecule has 0 bridgehead atoms. The predicted molar refractivity (Wildman–Crippen MR) is 88.9 cm³/mol. The van der Waals surface area contributed by atoms with Crippen molar-refractivity contribution in [3.8, 4) is 6.07 Å². The smallest absolute Gasteiger partial charge is 0.243 e. The molecular formula is C14H19Cl2N3O2S. The zero-order chi connectivity index (χ0) is 15.5. The van der Waals surface area contributed by atoms with Crippen LogP contribution in [0.25, 0.3) is 0 Å². The molecule has 0 saturated carbocycles. The molecule has 0 aliphatic carbocycles. The van der Waals surface area contributed by atoms with Crippen molar-refractivity contribution in [2.24, 2.45) is 0 Å². The van der Waals surface area contributed by atoms with Gasteiger partial charge in [-0.25, -0.2) is 8.42 Å². The van der Waals surface area contributed by atoms with Gasteiger partial charge < -0.3 is 5.32 Å². The summed E-state index contributed by atoms with van der Waals surface area (Å²) in [6, 6.07) is 6.17. The van der Waals surface area contributed by atoms with E-state index in [1.165, 1.54) is 18.2 Å². The van der Waals surface area contributed by atoms with Gasteiger partial charge in [-0.05, 0) is 37.6 Å². The van der Waals surface area contributed by atoms with Crippen LogP contribution in [-0.2, 0) is 10.0 Å². The molecule has 0 radical (unpaired) electrons. The number of rotatable bonds is 5. The molecule has 122 valence electrons. The molecule has 0 amide bonds. The summed E-state index contributed by atoms with van der Waals surface area (Å²) in [7, 11) is -3.59. The largest absolute Gasteiger partial charge is 0.315 e. The van der Waals surface area contributed by atoms with E-state index in [0.29, 0.717) is 13.1 Å². The third kappa shape index (κ3) is 3.92. The number of benzene rings is 1. The first-order valence-corrected chi connectivity index (χ1v) is 8.74. The summed E-state index contributed by atoms with van der Waals surface area (Å²) in [5.74, 6) is 0. The minimum Gasteiger partial charge on any atom is -0.315 e. The van der Waals surface area contributed by atoms with Gasteiger partial charge in [0.2, 0.25) is 10.0 Å². The van der Waals surface area contributed by atoms with Crippen molar-refractivity contribution in [2.75, 3.05) is 19.6 Å². The molecule has 5 nitrogen and oxygen atoms in total. The van der Waals surface area contributed by atoms with Gasteiger partial charge in [0.15, 0.2) is 0 Å². The van der Waals surface area contributed by atoms with Crippen molar-refractivity contribution in [1.82, 2.24) is 9.62 Å². The molecule has 1 atom stereocenters. The van der Waals surface area contributed by atoms with Crippen LogP contribution in [-0.4, -0.2) is 38.4 Å². The lowest BCUT2D eigenvalue weighted by Crippen LogP contribution is -2.42. The fourth-order valence-electron chi connectivity index (χ4n) is 2.49.